The van der Waals surface area contributed by atoms with Crippen LogP contribution in [-0.2, 0) is 16.0 Å². The van der Waals surface area contributed by atoms with E-state index >= 15 is 0 Å². The van der Waals surface area contributed by atoms with Crippen LogP contribution in [0.1, 0.15) is 12.0 Å². The van der Waals surface area contributed by atoms with Gasteiger partial charge in [-0.25, -0.2) is 4.39 Å². The molecule has 4 rings (SSSR count). The Bertz CT molecular complexity index is 1220. The number of anilines is 2. The molecule has 0 radical (unpaired) electrons. The molecule has 1 aliphatic rings. The topological polar surface area (TPSA) is 61.9 Å². The summed E-state index contributed by atoms with van der Waals surface area (Å²) in [5.74, 6) is -0.255. The zero-order valence-corrected chi connectivity index (χ0v) is 20.5. The summed E-state index contributed by atoms with van der Waals surface area (Å²) >= 11 is 11.7. The molecule has 9 heteroatoms. The maximum Gasteiger partial charge on any atom is 0.256 e. The van der Waals surface area contributed by atoms with Crippen molar-refractivity contribution in [3.63, 3.8) is 0 Å². The maximum atomic E-state index is 13.5. The van der Waals surface area contributed by atoms with Gasteiger partial charge in [0.2, 0.25) is 5.91 Å². The number of methoxy groups -OCH3 is 1. The van der Waals surface area contributed by atoms with E-state index in [1.165, 1.54) is 17.0 Å². The molecule has 1 aliphatic heterocycles. The highest BCUT2D eigenvalue weighted by atomic mass is 35.5. The summed E-state index contributed by atoms with van der Waals surface area (Å²) in [6, 6.07) is 19.1. The molecule has 0 saturated carbocycles. The minimum Gasteiger partial charge on any atom is -0.497 e. The molecule has 0 aliphatic carbocycles. The number of nitrogens with one attached hydrogen (secondary N) is 1. The van der Waals surface area contributed by atoms with Crippen molar-refractivity contribution in [2.45, 2.75) is 18.9 Å². The molecule has 1 heterocycles. The second-order valence-corrected chi connectivity index (χ2v) is 8.80. The predicted molar refractivity (Wildman–Crippen MR) is 138 cm³/mol. The summed E-state index contributed by atoms with van der Waals surface area (Å²) in [5, 5.41) is 3.67. The van der Waals surface area contributed by atoms with Crippen LogP contribution in [0.4, 0.5) is 15.8 Å². The van der Waals surface area contributed by atoms with E-state index in [1.54, 1.807) is 72.7 Å². The van der Waals surface area contributed by atoms with Crippen LogP contribution in [0.3, 0.4) is 0 Å². The lowest BCUT2D eigenvalue weighted by atomic mass is 10.1. The first-order valence-electron chi connectivity index (χ1n) is 10.9. The minimum absolute atomic E-state index is 0.0848. The fourth-order valence-corrected chi connectivity index (χ4v) is 4.42. The molecule has 3 aromatic carbocycles. The van der Waals surface area contributed by atoms with Crippen molar-refractivity contribution < 1.29 is 18.7 Å². The summed E-state index contributed by atoms with van der Waals surface area (Å²) in [4.78, 5) is 29.5. The van der Waals surface area contributed by atoms with Crippen molar-refractivity contribution in [3.8, 4) is 5.75 Å². The van der Waals surface area contributed by atoms with Gasteiger partial charge in [0.1, 0.15) is 17.6 Å². The second-order valence-electron chi connectivity index (χ2n) is 8.00. The number of carbonyl (C=O) groups is 2. The largest absolute Gasteiger partial charge is 0.497 e. The van der Waals surface area contributed by atoms with Gasteiger partial charge in [-0.2, -0.15) is 0 Å². The Morgan fingerprint density at radius 3 is 2.34 bits per heavy atom. The van der Waals surface area contributed by atoms with Gasteiger partial charge in [0.05, 0.1) is 19.2 Å². The summed E-state index contributed by atoms with van der Waals surface area (Å²) in [6.45, 7) is 0.390. The lowest BCUT2D eigenvalue weighted by Crippen LogP contribution is -2.39. The lowest BCUT2D eigenvalue weighted by molar-refractivity contribution is -0.124. The number of thiocarbonyl (C=S) groups is 1. The monoisotopic (exact) mass is 511 g/mol. The molecule has 0 aromatic heterocycles. The molecule has 1 atom stereocenters. The third-order valence-electron chi connectivity index (χ3n) is 5.71. The number of benzene rings is 3. The molecular weight excluding hydrogens is 489 g/mol. The number of amides is 2. The molecule has 6 nitrogen and oxygen atoms in total. The lowest BCUT2D eigenvalue weighted by Gasteiger charge is -2.24. The smallest absolute Gasteiger partial charge is 0.256 e. The second kappa shape index (κ2) is 10.8. The molecule has 0 spiro atoms. The Balaban J connectivity index is 1.54. The average molecular weight is 512 g/mol. The van der Waals surface area contributed by atoms with Crippen molar-refractivity contribution >= 4 is 52.1 Å². The van der Waals surface area contributed by atoms with Crippen LogP contribution in [0.5, 0.6) is 5.75 Å². The quantitative estimate of drug-likeness (QED) is 0.428. The first-order valence-corrected chi connectivity index (χ1v) is 11.7. The average Bonchev–Trinajstić information content (AvgIpc) is 3.08. The number of nitrogens with zero attached hydrogens (tertiary/aromatic N) is 2. The van der Waals surface area contributed by atoms with Crippen LogP contribution in [0.25, 0.3) is 0 Å². The maximum absolute atomic E-state index is 13.5. The Morgan fingerprint density at radius 1 is 1.06 bits per heavy atom. The van der Waals surface area contributed by atoms with Crippen LogP contribution < -0.4 is 15.0 Å². The Morgan fingerprint density at radius 2 is 1.71 bits per heavy atom. The molecule has 2 amide bonds. The van der Waals surface area contributed by atoms with E-state index in [2.05, 4.69) is 5.32 Å². The van der Waals surface area contributed by atoms with Crippen molar-refractivity contribution in [2.24, 2.45) is 0 Å². The van der Waals surface area contributed by atoms with Gasteiger partial charge in [-0.15, -0.1) is 0 Å². The fraction of sp³-hybridized carbons (Fsp3) is 0.192. The highest BCUT2D eigenvalue weighted by Gasteiger charge is 2.43. The summed E-state index contributed by atoms with van der Waals surface area (Å²) in [5.41, 5.74) is 2.07. The number of ether oxygens (including phenoxy) is 1. The van der Waals surface area contributed by atoms with Gasteiger partial charge in [-0.1, -0.05) is 23.7 Å². The van der Waals surface area contributed by atoms with Crippen molar-refractivity contribution in [3.05, 3.63) is 89.2 Å². The van der Waals surface area contributed by atoms with Crippen LogP contribution in [-0.4, -0.2) is 41.5 Å². The Hall–Kier alpha value is -3.49. The summed E-state index contributed by atoms with van der Waals surface area (Å²) in [6.07, 6.45) is 0.442. The van der Waals surface area contributed by atoms with Gasteiger partial charge >= 0.3 is 0 Å². The molecule has 1 unspecified atom stereocenters. The molecule has 1 saturated heterocycles. The fourth-order valence-electron chi connectivity index (χ4n) is 3.88. The molecule has 3 aromatic rings. The minimum atomic E-state index is -0.781. The van der Waals surface area contributed by atoms with Gasteiger partial charge in [0, 0.05) is 17.3 Å². The van der Waals surface area contributed by atoms with Gasteiger partial charge in [-0.05, 0) is 84.9 Å². The number of hydrogen-bond donors (Lipinski definition) is 1. The van der Waals surface area contributed by atoms with E-state index in [9.17, 15) is 14.0 Å². The van der Waals surface area contributed by atoms with Crippen molar-refractivity contribution in [1.82, 2.24) is 4.90 Å². The van der Waals surface area contributed by atoms with Gasteiger partial charge in [-0.3, -0.25) is 14.5 Å². The molecule has 1 fully saturated rings. The van der Waals surface area contributed by atoms with E-state index in [0.717, 1.165) is 5.56 Å². The van der Waals surface area contributed by atoms with Crippen molar-refractivity contribution in [2.75, 3.05) is 23.9 Å². The Kier molecular flexibility index (Phi) is 7.63. The van der Waals surface area contributed by atoms with E-state index < -0.39 is 6.04 Å². The van der Waals surface area contributed by atoms with E-state index in [4.69, 9.17) is 28.6 Å². The SMILES string of the molecule is COc1ccc(NC(=O)CC2C(=O)N(c3ccc(Cl)cc3)C(=S)N2CCc2ccc(F)cc2)cc1. The Labute approximate surface area is 213 Å². The van der Waals surface area contributed by atoms with E-state index in [0.29, 0.717) is 40.2 Å². The third-order valence-corrected chi connectivity index (χ3v) is 6.38. The third kappa shape index (κ3) is 5.78. The molecule has 35 heavy (non-hydrogen) atoms. The van der Waals surface area contributed by atoms with Crippen LogP contribution in [0, 0.1) is 5.82 Å². The van der Waals surface area contributed by atoms with Gasteiger partial charge in [0.15, 0.2) is 5.11 Å². The highest BCUT2D eigenvalue weighted by Crippen LogP contribution is 2.29. The number of carbonyl (C=O) groups excluding carboxylic acids is 2. The van der Waals surface area contributed by atoms with Crippen LogP contribution in [0.15, 0.2) is 72.8 Å². The zero-order chi connectivity index (χ0) is 24.9. The van der Waals surface area contributed by atoms with E-state index in [1.807, 2.05) is 0 Å². The normalized spacial score (nSPS) is 15.5. The first kappa shape index (κ1) is 24.6. The molecule has 0 bridgehead atoms. The summed E-state index contributed by atoms with van der Waals surface area (Å²) < 4.78 is 18.4. The van der Waals surface area contributed by atoms with Crippen molar-refractivity contribution in [1.29, 1.82) is 0 Å². The number of halogens is 2. The molecule has 1 N–H and O–H groups in total. The number of hydrogen-bond acceptors (Lipinski definition) is 4. The van der Waals surface area contributed by atoms with Gasteiger partial charge in [0.25, 0.3) is 5.91 Å². The molecule has 180 valence electrons. The van der Waals surface area contributed by atoms with Crippen LogP contribution >= 0.6 is 23.8 Å². The standard InChI is InChI=1S/C26H23ClFN3O3S/c1-34-22-12-8-20(9-13-22)29-24(32)16-23-25(33)31(21-10-4-18(27)5-11-21)26(35)30(23)15-14-17-2-6-19(28)7-3-17/h2-13,23H,14-16H2,1H3,(H,29,32). The predicted octanol–water partition coefficient (Wildman–Crippen LogP) is 5.06. The van der Waals surface area contributed by atoms with E-state index in [-0.39, 0.29) is 24.1 Å². The first-order chi connectivity index (χ1) is 16.9. The zero-order valence-electron chi connectivity index (χ0n) is 18.9. The molecular formula is C26H23ClFN3O3S. The van der Waals surface area contributed by atoms with Gasteiger partial charge < -0.3 is 15.0 Å². The van der Waals surface area contributed by atoms with Crippen LogP contribution in [0.2, 0.25) is 5.02 Å². The summed E-state index contributed by atoms with van der Waals surface area (Å²) in [7, 11) is 1.56. The number of rotatable bonds is 8. The highest BCUT2D eigenvalue weighted by molar-refractivity contribution is 7.80.